The van der Waals surface area contributed by atoms with Gasteiger partial charge in [-0.1, -0.05) is 6.92 Å². The second kappa shape index (κ2) is 7.22. The second-order valence-electron chi connectivity index (χ2n) is 5.78. The molecule has 110 valence electrons. The van der Waals surface area contributed by atoms with Gasteiger partial charge in [-0.05, 0) is 32.2 Å². The van der Waals surface area contributed by atoms with Crippen molar-refractivity contribution < 1.29 is 9.90 Å². The van der Waals surface area contributed by atoms with Crippen molar-refractivity contribution in [3.63, 3.8) is 0 Å². The largest absolute Gasteiger partial charge is 0.393 e. The molecule has 0 aromatic carbocycles. The number of nitrogens with zero attached hydrogens (tertiary/aromatic N) is 2. The van der Waals surface area contributed by atoms with Crippen molar-refractivity contribution in [1.29, 1.82) is 0 Å². The number of rotatable bonds is 4. The molecular weight excluding hydrogens is 242 g/mol. The molecule has 0 aromatic rings. The molecule has 2 aliphatic rings. The molecule has 0 bridgehead atoms. The summed E-state index contributed by atoms with van der Waals surface area (Å²) in [4.78, 5) is 16.6. The van der Waals surface area contributed by atoms with Gasteiger partial charge in [-0.25, -0.2) is 0 Å². The van der Waals surface area contributed by atoms with Crippen LogP contribution in [0.25, 0.3) is 0 Å². The van der Waals surface area contributed by atoms with Gasteiger partial charge in [0, 0.05) is 32.2 Å². The number of nitrogens with one attached hydrogen (secondary N) is 1. The minimum absolute atomic E-state index is 0.145. The molecule has 2 heterocycles. The third-order valence-corrected chi connectivity index (χ3v) is 4.32. The average molecular weight is 269 g/mol. The Morgan fingerprint density at radius 3 is 2.26 bits per heavy atom. The highest BCUT2D eigenvalue weighted by Gasteiger charge is 2.22. The second-order valence-corrected chi connectivity index (χ2v) is 5.78. The Hall–Kier alpha value is -0.650. The van der Waals surface area contributed by atoms with Crippen LogP contribution in [0.5, 0.6) is 0 Å². The van der Waals surface area contributed by atoms with Gasteiger partial charge in [0.1, 0.15) is 0 Å². The van der Waals surface area contributed by atoms with E-state index in [1.807, 2.05) is 0 Å². The van der Waals surface area contributed by atoms with Gasteiger partial charge in [-0.2, -0.15) is 0 Å². The average Bonchev–Trinajstić information content (AvgIpc) is 2.42. The van der Waals surface area contributed by atoms with Gasteiger partial charge in [0.2, 0.25) is 5.91 Å². The molecule has 0 aliphatic carbocycles. The van der Waals surface area contributed by atoms with Gasteiger partial charge in [0.05, 0.1) is 12.6 Å². The predicted octanol–water partition coefficient (Wildman–Crippen LogP) is 0.0436. The highest BCUT2D eigenvalue weighted by Crippen LogP contribution is 2.11. The molecule has 2 rings (SSSR count). The maximum absolute atomic E-state index is 12.0. The van der Waals surface area contributed by atoms with Crippen LogP contribution in [0, 0.1) is 0 Å². The Morgan fingerprint density at radius 1 is 1.11 bits per heavy atom. The number of piperidine rings is 2. The highest BCUT2D eigenvalue weighted by molar-refractivity contribution is 5.78. The molecule has 19 heavy (non-hydrogen) atoms. The van der Waals surface area contributed by atoms with Gasteiger partial charge in [-0.15, -0.1) is 0 Å². The Kier molecular flexibility index (Phi) is 5.60. The monoisotopic (exact) mass is 269 g/mol. The Balaban J connectivity index is 1.64. The van der Waals surface area contributed by atoms with Gasteiger partial charge < -0.3 is 15.3 Å². The summed E-state index contributed by atoms with van der Waals surface area (Å²) in [5, 5.41) is 12.6. The number of likely N-dealkylation sites (tertiary alicyclic amines) is 2. The van der Waals surface area contributed by atoms with Crippen molar-refractivity contribution in [3.05, 3.63) is 0 Å². The lowest BCUT2D eigenvalue weighted by atomic mass is 10.0. The number of aliphatic hydroxyl groups excluding tert-OH is 1. The van der Waals surface area contributed by atoms with Gasteiger partial charge in [0.15, 0.2) is 0 Å². The lowest BCUT2D eigenvalue weighted by molar-refractivity contribution is -0.123. The highest BCUT2D eigenvalue weighted by atomic mass is 16.3. The van der Waals surface area contributed by atoms with Crippen LogP contribution in [0.15, 0.2) is 0 Å². The molecule has 2 saturated heterocycles. The Bertz CT molecular complexity index is 282. The lowest BCUT2D eigenvalue weighted by Gasteiger charge is -2.33. The van der Waals surface area contributed by atoms with Crippen molar-refractivity contribution in [1.82, 2.24) is 15.1 Å². The minimum Gasteiger partial charge on any atom is -0.393 e. The van der Waals surface area contributed by atoms with E-state index >= 15 is 0 Å². The molecule has 1 amide bonds. The molecule has 0 spiro atoms. The van der Waals surface area contributed by atoms with Crippen LogP contribution in [-0.4, -0.2) is 72.2 Å². The Labute approximate surface area is 115 Å². The number of hydrogen-bond donors (Lipinski definition) is 2. The summed E-state index contributed by atoms with van der Waals surface area (Å²) in [6.45, 7) is 7.64. The standard InChI is InChI=1S/C14H27N3O2/c1-2-16-7-3-12(4-8-16)15-14(19)11-17-9-5-13(18)6-10-17/h12-13,18H,2-11H2,1H3,(H,15,19). The zero-order valence-corrected chi connectivity index (χ0v) is 12.0. The topological polar surface area (TPSA) is 55.8 Å². The van der Waals surface area contributed by atoms with Crippen LogP contribution in [0.4, 0.5) is 0 Å². The zero-order chi connectivity index (χ0) is 13.7. The van der Waals surface area contributed by atoms with Crippen LogP contribution in [0.2, 0.25) is 0 Å². The van der Waals surface area contributed by atoms with E-state index in [0.717, 1.165) is 58.4 Å². The van der Waals surface area contributed by atoms with E-state index in [0.29, 0.717) is 12.6 Å². The first-order valence-corrected chi connectivity index (χ1v) is 7.59. The molecule has 0 saturated carbocycles. The van der Waals surface area contributed by atoms with E-state index in [-0.39, 0.29) is 12.0 Å². The van der Waals surface area contributed by atoms with E-state index in [9.17, 15) is 9.90 Å². The number of carbonyl (C=O) groups excluding carboxylic acids is 1. The van der Waals surface area contributed by atoms with E-state index in [1.54, 1.807) is 0 Å². The summed E-state index contributed by atoms with van der Waals surface area (Å²) in [5.74, 6) is 0.145. The fourth-order valence-corrected chi connectivity index (χ4v) is 2.95. The number of carbonyl (C=O) groups is 1. The maximum atomic E-state index is 12.0. The summed E-state index contributed by atoms with van der Waals surface area (Å²) >= 11 is 0. The van der Waals surface area contributed by atoms with E-state index in [2.05, 4.69) is 22.0 Å². The van der Waals surface area contributed by atoms with Crippen molar-refractivity contribution in [2.75, 3.05) is 39.3 Å². The first-order chi connectivity index (χ1) is 9.17. The van der Waals surface area contributed by atoms with Gasteiger partial charge in [0.25, 0.3) is 0 Å². The molecule has 5 nitrogen and oxygen atoms in total. The molecule has 0 atom stereocenters. The number of hydrogen-bond acceptors (Lipinski definition) is 4. The van der Waals surface area contributed by atoms with Gasteiger partial charge >= 0.3 is 0 Å². The first kappa shape index (κ1) is 14.8. The molecule has 0 radical (unpaired) electrons. The fraction of sp³-hybridized carbons (Fsp3) is 0.929. The van der Waals surface area contributed by atoms with Crippen LogP contribution in [0.3, 0.4) is 0 Å². The lowest BCUT2D eigenvalue weighted by Crippen LogP contribution is -2.48. The molecule has 2 N–H and O–H groups in total. The Morgan fingerprint density at radius 2 is 1.68 bits per heavy atom. The molecule has 2 aliphatic heterocycles. The van der Waals surface area contributed by atoms with Crippen LogP contribution in [-0.2, 0) is 4.79 Å². The summed E-state index contributed by atoms with van der Waals surface area (Å²) in [7, 11) is 0. The van der Waals surface area contributed by atoms with E-state index < -0.39 is 0 Å². The third kappa shape index (κ3) is 4.75. The van der Waals surface area contributed by atoms with Crippen LogP contribution in [0.1, 0.15) is 32.6 Å². The normalized spacial score (nSPS) is 24.5. The zero-order valence-electron chi connectivity index (χ0n) is 12.0. The number of amides is 1. The molecule has 2 fully saturated rings. The molecule has 0 aromatic heterocycles. The molecule has 5 heteroatoms. The first-order valence-electron chi connectivity index (χ1n) is 7.59. The predicted molar refractivity (Wildman–Crippen MR) is 75.0 cm³/mol. The minimum atomic E-state index is -0.169. The molecule has 0 unspecified atom stereocenters. The third-order valence-electron chi connectivity index (χ3n) is 4.32. The maximum Gasteiger partial charge on any atom is 0.234 e. The van der Waals surface area contributed by atoms with E-state index in [1.165, 1.54) is 0 Å². The quantitative estimate of drug-likeness (QED) is 0.757. The van der Waals surface area contributed by atoms with Crippen molar-refractivity contribution in [2.45, 2.75) is 44.8 Å². The van der Waals surface area contributed by atoms with Crippen molar-refractivity contribution in [3.8, 4) is 0 Å². The fourth-order valence-electron chi connectivity index (χ4n) is 2.95. The summed E-state index contributed by atoms with van der Waals surface area (Å²) < 4.78 is 0. The van der Waals surface area contributed by atoms with Crippen LogP contribution >= 0.6 is 0 Å². The summed E-state index contributed by atoms with van der Waals surface area (Å²) in [6.07, 6.45) is 3.55. The SMILES string of the molecule is CCN1CCC(NC(=O)CN2CCC(O)CC2)CC1. The van der Waals surface area contributed by atoms with Crippen LogP contribution < -0.4 is 5.32 Å². The van der Waals surface area contributed by atoms with Crippen molar-refractivity contribution in [2.24, 2.45) is 0 Å². The van der Waals surface area contributed by atoms with E-state index in [4.69, 9.17) is 0 Å². The van der Waals surface area contributed by atoms with Crippen molar-refractivity contribution >= 4 is 5.91 Å². The smallest absolute Gasteiger partial charge is 0.234 e. The van der Waals surface area contributed by atoms with Gasteiger partial charge in [-0.3, -0.25) is 9.69 Å². The molecular formula is C14H27N3O2. The number of aliphatic hydroxyl groups is 1. The summed E-state index contributed by atoms with van der Waals surface area (Å²) in [5.41, 5.74) is 0. The summed E-state index contributed by atoms with van der Waals surface area (Å²) in [6, 6.07) is 0.352.